The first-order chi connectivity index (χ1) is 8.11. The summed E-state index contributed by atoms with van der Waals surface area (Å²) in [5, 5.41) is 2.53. The number of carbonyl (C=O) groups is 1. The zero-order valence-corrected chi connectivity index (χ0v) is 10.5. The van der Waals surface area contributed by atoms with Crippen molar-refractivity contribution >= 4 is 28.8 Å². The lowest BCUT2D eigenvalue weighted by Crippen LogP contribution is -2.10. The maximum atomic E-state index is 10.9. The third-order valence-corrected chi connectivity index (χ3v) is 3.34. The fraction of sp³-hybridized carbons (Fsp3) is 0.0909. The van der Waals surface area contributed by atoms with Gasteiger partial charge in [-0.25, -0.2) is 4.98 Å². The van der Waals surface area contributed by atoms with Crippen molar-refractivity contribution in [1.29, 1.82) is 0 Å². The van der Waals surface area contributed by atoms with Crippen LogP contribution < -0.4 is 10.5 Å². The number of hydrogen-bond donors (Lipinski definition) is 1. The standard InChI is InChI=1S/C11H9ClN2O2S/c1-16-6-2-3-7(8(12)4-6)9-5-17-11(14-9)10(13)15/h2-5H,1H3,(H2,13,15). The molecule has 0 atom stereocenters. The molecule has 1 heterocycles. The van der Waals surface area contributed by atoms with Gasteiger partial charge in [-0.15, -0.1) is 11.3 Å². The molecule has 0 saturated heterocycles. The van der Waals surface area contributed by atoms with E-state index in [1.54, 1.807) is 30.7 Å². The van der Waals surface area contributed by atoms with Gasteiger partial charge in [0, 0.05) is 10.9 Å². The third-order valence-electron chi connectivity index (χ3n) is 2.17. The van der Waals surface area contributed by atoms with E-state index in [1.807, 2.05) is 0 Å². The van der Waals surface area contributed by atoms with Gasteiger partial charge in [-0.2, -0.15) is 0 Å². The van der Waals surface area contributed by atoms with Gasteiger partial charge < -0.3 is 10.5 Å². The number of ether oxygens (including phenoxy) is 1. The van der Waals surface area contributed by atoms with Crippen LogP contribution in [0.25, 0.3) is 11.3 Å². The largest absolute Gasteiger partial charge is 0.497 e. The van der Waals surface area contributed by atoms with Crippen molar-refractivity contribution in [1.82, 2.24) is 4.98 Å². The molecule has 1 amide bonds. The molecule has 17 heavy (non-hydrogen) atoms. The molecule has 88 valence electrons. The Morgan fingerprint density at radius 1 is 1.53 bits per heavy atom. The number of rotatable bonds is 3. The summed E-state index contributed by atoms with van der Waals surface area (Å²) in [6.45, 7) is 0. The number of amides is 1. The number of thiazole rings is 1. The van der Waals surface area contributed by atoms with E-state index in [9.17, 15) is 4.79 Å². The Morgan fingerprint density at radius 2 is 2.29 bits per heavy atom. The van der Waals surface area contributed by atoms with Crippen molar-refractivity contribution in [2.75, 3.05) is 7.11 Å². The SMILES string of the molecule is COc1ccc(-c2csc(C(N)=O)n2)c(Cl)c1. The molecule has 0 aliphatic rings. The maximum absolute atomic E-state index is 10.9. The summed E-state index contributed by atoms with van der Waals surface area (Å²) >= 11 is 7.30. The molecule has 1 aromatic heterocycles. The van der Waals surface area contributed by atoms with Gasteiger partial charge in [-0.3, -0.25) is 4.79 Å². The highest BCUT2D eigenvalue weighted by atomic mass is 35.5. The van der Waals surface area contributed by atoms with Gasteiger partial charge in [0.1, 0.15) is 5.75 Å². The molecule has 0 fully saturated rings. The van der Waals surface area contributed by atoms with Gasteiger partial charge in [-0.05, 0) is 18.2 Å². The number of primary amides is 1. The topological polar surface area (TPSA) is 65.2 Å². The maximum Gasteiger partial charge on any atom is 0.277 e. The lowest BCUT2D eigenvalue weighted by Gasteiger charge is -2.03. The average Bonchev–Trinajstić information content (AvgIpc) is 2.78. The fourth-order valence-corrected chi connectivity index (χ4v) is 2.28. The Kier molecular flexibility index (Phi) is 3.31. The number of methoxy groups -OCH3 is 1. The molecule has 0 aliphatic carbocycles. The number of carbonyl (C=O) groups excluding carboxylic acids is 1. The summed E-state index contributed by atoms with van der Waals surface area (Å²) in [7, 11) is 1.57. The Morgan fingerprint density at radius 3 is 2.82 bits per heavy atom. The molecule has 6 heteroatoms. The molecule has 0 aliphatic heterocycles. The summed E-state index contributed by atoms with van der Waals surface area (Å²) < 4.78 is 5.05. The normalized spacial score (nSPS) is 10.2. The number of aromatic nitrogens is 1. The molecule has 1 aromatic carbocycles. The van der Waals surface area contributed by atoms with Gasteiger partial charge in [0.05, 0.1) is 17.8 Å². The molecular weight excluding hydrogens is 260 g/mol. The van der Waals surface area contributed by atoms with Crippen molar-refractivity contribution in [3.63, 3.8) is 0 Å². The zero-order chi connectivity index (χ0) is 12.4. The summed E-state index contributed by atoms with van der Waals surface area (Å²) in [5.74, 6) is 0.134. The highest BCUT2D eigenvalue weighted by Crippen LogP contribution is 2.31. The Labute approximate surface area is 107 Å². The van der Waals surface area contributed by atoms with Crippen molar-refractivity contribution in [2.45, 2.75) is 0 Å². The summed E-state index contributed by atoms with van der Waals surface area (Å²) in [6, 6.07) is 5.27. The van der Waals surface area contributed by atoms with Gasteiger partial charge in [-0.1, -0.05) is 11.6 Å². The Hall–Kier alpha value is -1.59. The number of nitrogens with two attached hydrogens (primary N) is 1. The minimum Gasteiger partial charge on any atom is -0.497 e. The molecule has 0 spiro atoms. The predicted molar refractivity (Wildman–Crippen MR) is 67.6 cm³/mol. The number of hydrogen-bond acceptors (Lipinski definition) is 4. The van der Waals surface area contributed by atoms with E-state index in [0.717, 1.165) is 5.56 Å². The Balaban J connectivity index is 2.42. The zero-order valence-electron chi connectivity index (χ0n) is 8.94. The molecule has 0 bridgehead atoms. The summed E-state index contributed by atoms with van der Waals surface area (Å²) in [4.78, 5) is 15.1. The van der Waals surface area contributed by atoms with Crippen LogP contribution in [0, 0.1) is 0 Å². The van der Waals surface area contributed by atoms with Crippen LogP contribution in [0.2, 0.25) is 5.02 Å². The Bertz CT molecular complexity index is 568. The fourth-order valence-electron chi connectivity index (χ4n) is 1.34. The average molecular weight is 269 g/mol. The molecule has 0 unspecified atom stereocenters. The van der Waals surface area contributed by atoms with Crippen LogP contribution in [-0.2, 0) is 0 Å². The highest BCUT2D eigenvalue weighted by molar-refractivity contribution is 7.12. The second-order valence-corrected chi connectivity index (χ2v) is 4.51. The highest BCUT2D eigenvalue weighted by Gasteiger charge is 2.11. The minimum atomic E-state index is -0.536. The van der Waals surface area contributed by atoms with E-state index < -0.39 is 5.91 Å². The lowest BCUT2D eigenvalue weighted by molar-refractivity contribution is 0.1000. The monoisotopic (exact) mass is 268 g/mol. The van der Waals surface area contributed by atoms with Crippen LogP contribution in [0.3, 0.4) is 0 Å². The van der Waals surface area contributed by atoms with Crippen molar-refractivity contribution < 1.29 is 9.53 Å². The molecule has 2 rings (SSSR count). The summed E-state index contributed by atoms with van der Waals surface area (Å²) in [5.41, 5.74) is 6.53. The van der Waals surface area contributed by atoms with Crippen molar-refractivity contribution in [2.24, 2.45) is 5.73 Å². The van der Waals surface area contributed by atoms with Gasteiger partial charge >= 0.3 is 0 Å². The minimum absolute atomic E-state index is 0.270. The molecule has 4 nitrogen and oxygen atoms in total. The van der Waals surface area contributed by atoms with Crippen molar-refractivity contribution in [3.8, 4) is 17.0 Å². The second-order valence-electron chi connectivity index (χ2n) is 3.25. The first kappa shape index (κ1) is 11.9. The first-order valence-corrected chi connectivity index (χ1v) is 5.97. The van der Waals surface area contributed by atoms with E-state index in [-0.39, 0.29) is 5.01 Å². The van der Waals surface area contributed by atoms with Crippen LogP contribution in [0.5, 0.6) is 5.75 Å². The quantitative estimate of drug-likeness (QED) is 0.930. The molecule has 0 saturated carbocycles. The molecule has 2 aromatic rings. The molecule has 0 radical (unpaired) electrons. The van der Waals surface area contributed by atoms with Gasteiger partial charge in [0.25, 0.3) is 5.91 Å². The number of halogens is 1. The van der Waals surface area contributed by atoms with E-state index >= 15 is 0 Å². The van der Waals surface area contributed by atoms with Crippen LogP contribution in [-0.4, -0.2) is 18.0 Å². The van der Waals surface area contributed by atoms with Crippen LogP contribution in [0.15, 0.2) is 23.6 Å². The van der Waals surface area contributed by atoms with E-state index in [4.69, 9.17) is 22.1 Å². The van der Waals surface area contributed by atoms with Gasteiger partial charge in [0.2, 0.25) is 0 Å². The molecule has 2 N–H and O–H groups in total. The number of benzene rings is 1. The van der Waals surface area contributed by atoms with Crippen LogP contribution in [0.1, 0.15) is 9.80 Å². The number of nitrogens with zero attached hydrogens (tertiary/aromatic N) is 1. The third kappa shape index (κ3) is 2.40. The van der Waals surface area contributed by atoms with Crippen LogP contribution >= 0.6 is 22.9 Å². The van der Waals surface area contributed by atoms with E-state index in [1.165, 1.54) is 11.3 Å². The smallest absolute Gasteiger partial charge is 0.277 e. The second kappa shape index (κ2) is 4.73. The van der Waals surface area contributed by atoms with E-state index in [0.29, 0.717) is 16.5 Å². The molecular formula is C11H9ClN2O2S. The van der Waals surface area contributed by atoms with Crippen LogP contribution in [0.4, 0.5) is 0 Å². The van der Waals surface area contributed by atoms with Gasteiger partial charge in [0.15, 0.2) is 5.01 Å². The van der Waals surface area contributed by atoms with E-state index in [2.05, 4.69) is 4.98 Å². The first-order valence-electron chi connectivity index (χ1n) is 4.71. The van der Waals surface area contributed by atoms with Crippen molar-refractivity contribution in [3.05, 3.63) is 33.6 Å². The lowest BCUT2D eigenvalue weighted by atomic mass is 10.1. The summed E-state index contributed by atoms with van der Waals surface area (Å²) in [6.07, 6.45) is 0. The predicted octanol–water partition coefficient (Wildman–Crippen LogP) is 2.57.